The molecule has 0 saturated carbocycles. The third-order valence-electron chi connectivity index (χ3n) is 1.51. The van der Waals surface area contributed by atoms with Crippen LogP contribution in [0, 0.1) is 18.3 Å². The Kier molecular flexibility index (Phi) is 1.77. The number of aryl methyl sites for hydroxylation is 1. The third-order valence-corrected chi connectivity index (χ3v) is 1.51. The molecule has 0 bridgehead atoms. The van der Waals surface area contributed by atoms with Crippen molar-refractivity contribution in [3.63, 3.8) is 0 Å². The number of ketones is 1. The zero-order valence-electron chi connectivity index (χ0n) is 6.43. The van der Waals surface area contributed by atoms with Gasteiger partial charge in [-0.2, -0.15) is 5.26 Å². The average Bonchev–Trinajstić information content (AvgIpc) is 2.31. The van der Waals surface area contributed by atoms with E-state index in [1.807, 2.05) is 6.07 Å². The zero-order valence-corrected chi connectivity index (χ0v) is 6.43. The molecule has 1 aromatic heterocycles. The standard InChI is InChI=1S/C8H8N2O/c1-5-7(4-9)3-8(10-5)6(2)11/h3,10H,1-2H3. The molecule has 11 heavy (non-hydrogen) atoms. The van der Waals surface area contributed by atoms with E-state index in [9.17, 15) is 4.79 Å². The Bertz CT molecular complexity index is 330. The van der Waals surface area contributed by atoms with Crippen molar-refractivity contribution in [2.75, 3.05) is 0 Å². The van der Waals surface area contributed by atoms with Gasteiger partial charge in [-0.1, -0.05) is 0 Å². The zero-order chi connectivity index (χ0) is 8.43. The van der Waals surface area contributed by atoms with Crippen molar-refractivity contribution in [3.05, 3.63) is 23.0 Å². The minimum atomic E-state index is -0.0467. The Hall–Kier alpha value is -1.56. The van der Waals surface area contributed by atoms with E-state index in [2.05, 4.69) is 4.98 Å². The van der Waals surface area contributed by atoms with Crippen molar-refractivity contribution in [2.24, 2.45) is 0 Å². The molecule has 0 spiro atoms. The molecule has 3 heteroatoms. The van der Waals surface area contributed by atoms with Crippen molar-refractivity contribution in [1.29, 1.82) is 5.26 Å². The van der Waals surface area contributed by atoms with E-state index in [0.29, 0.717) is 11.3 Å². The molecule has 1 rings (SSSR count). The van der Waals surface area contributed by atoms with Gasteiger partial charge in [-0.3, -0.25) is 4.79 Å². The van der Waals surface area contributed by atoms with Gasteiger partial charge in [0.2, 0.25) is 0 Å². The topological polar surface area (TPSA) is 56.6 Å². The first-order chi connectivity index (χ1) is 5.15. The SMILES string of the molecule is CC(=O)c1cc(C#N)c(C)[nH]1. The maximum Gasteiger partial charge on any atom is 0.175 e. The number of carbonyl (C=O) groups is 1. The van der Waals surface area contributed by atoms with Crippen molar-refractivity contribution in [3.8, 4) is 6.07 Å². The fraction of sp³-hybridized carbons (Fsp3) is 0.250. The first-order valence-electron chi connectivity index (χ1n) is 3.26. The van der Waals surface area contributed by atoms with E-state index >= 15 is 0 Å². The van der Waals surface area contributed by atoms with Gasteiger partial charge >= 0.3 is 0 Å². The molecule has 1 N–H and O–H groups in total. The molecule has 3 nitrogen and oxygen atoms in total. The first-order valence-corrected chi connectivity index (χ1v) is 3.26. The fourth-order valence-corrected chi connectivity index (χ4v) is 0.864. The molecule has 1 heterocycles. The summed E-state index contributed by atoms with van der Waals surface area (Å²) < 4.78 is 0. The largest absolute Gasteiger partial charge is 0.355 e. The maximum atomic E-state index is 10.8. The lowest BCUT2D eigenvalue weighted by atomic mass is 10.2. The molecule has 0 unspecified atom stereocenters. The summed E-state index contributed by atoms with van der Waals surface area (Å²) in [5.74, 6) is -0.0467. The van der Waals surface area contributed by atoms with Gasteiger partial charge in [0.05, 0.1) is 11.3 Å². The molecule has 0 saturated heterocycles. The number of Topliss-reactive ketones (excluding diaryl/α,β-unsaturated/α-hetero) is 1. The van der Waals surface area contributed by atoms with Gasteiger partial charge in [0.1, 0.15) is 6.07 Å². The van der Waals surface area contributed by atoms with Crippen molar-refractivity contribution in [1.82, 2.24) is 4.98 Å². The Labute approximate surface area is 64.7 Å². The van der Waals surface area contributed by atoms with E-state index in [4.69, 9.17) is 5.26 Å². The number of rotatable bonds is 1. The van der Waals surface area contributed by atoms with E-state index in [1.165, 1.54) is 6.92 Å². The number of carbonyl (C=O) groups excluding carboxylic acids is 1. The van der Waals surface area contributed by atoms with Crippen LogP contribution in [0.15, 0.2) is 6.07 Å². The summed E-state index contributed by atoms with van der Waals surface area (Å²) in [6, 6.07) is 3.55. The minimum absolute atomic E-state index is 0.0467. The number of H-pyrrole nitrogens is 1. The molecule has 0 aliphatic heterocycles. The average molecular weight is 148 g/mol. The highest BCUT2D eigenvalue weighted by Crippen LogP contribution is 2.08. The molecule has 0 atom stereocenters. The lowest BCUT2D eigenvalue weighted by molar-refractivity contribution is 0.101. The predicted octanol–water partition coefficient (Wildman–Crippen LogP) is 1.40. The second-order valence-electron chi connectivity index (χ2n) is 2.39. The second-order valence-corrected chi connectivity index (χ2v) is 2.39. The van der Waals surface area contributed by atoms with Crippen LogP contribution in [-0.4, -0.2) is 10.8 Å². The number of aromatic nitrogens is 1. The van der Waals surface area contributed by atoms with Crippen LogP contribution in [0.25, 0.3) is 0 Å². The molecule has 0 aliphatic carbocycles. The number of nitrogens with one attached hydrogen (secondary N) is 1. The lowest BCUT2D eigenvalue weighted by Gasteiger charge is -1.84. The lowest BCUT2D eigenvalue weighted by Crippen LogP contribution is -1.90. The van der Waals surface area contributed by atoms with E-state index in [1.54, 1.807) is 13.0 Å². The normalized spacial score (nSPS) is 9.18. The highest BCUT2D eigenvalue weighted by atomic mass is 16.1. The molecule has 1 aromatic rings. The summed E-state index contributed by atoms with van der Waals surface area (Å²) in [5, 5.41) is 8.53. The smallest absolute Gasteiger partial charge is 0.175 e. The Morgan fingerprint density at radius 2 is 2.36 bits per heavy atom. The quantitative estimate of drug-likeness (QED) is 0.612. The molecular formula is C8H8N2O. The summed E-state index contributed by atoms with van der Waals surface area (Å²) >= 11 is 0. The van der Waals surface area contributed by atoms with Gasteiger partial charge in [-0.25, -0.2) is 0 Å². The highest BCUT2D eigenvalue weighted by Gasteiger charge is 2.05. The molecular weight excluding hydrogens is 140 g/mol. The number of hydrogen-bond acceptors (Lipinski definition) is 2. The monoisotopic (exact) mass is 148 g/mol. The van der Waals surface area contributed by atoms with Gasteiger partial charge in [-0.15, -0.1) is 0 Å². The van der Waals surface area contributed by atoms with E-state index < -0.39 is 0 Å². The van der Waals surface area contributed by atoms with E-state index in [0.717, 1.165) is 5.69 Å². The molecule has 0 amide bonds. The third kappa shape index (κ3) is 1.30. The molecule has 0 aliphatic rings. The van der Waals surface area contributed by atoms with Crippen LogP contribution >= 0.6 is 0 Å². The van der Waals surface area contributed by atoms with Crippen molar-refractivity contribution < 1.29 is 4.79 Å². The van der Waals surface area contributed by atoms with Gasteiger partial charge in [0.25, 0.3) is 0 Å². The van der Waals surface area contributed by atoms with Crippen LogP contribution in [0.5, 0.6) is 0 Å². The Morgan fingerprint density at radius 1 is 1.73 bits per heavy atom. The molecule has 56 valence electrons. The summed E-state index contributed by atoms with van der Waals surface area (Å²) in [6.07, 6.45) is 0. The van der Waals surface area contributed by atoms with Gasteiger partial charge < -0.3 is 4.98 Å². The predicted molar refractivity (Wildman–Crippen MR) is 40.2 cm³/mol. The van der Waals surface area contributed by atoms with Gasteiger partial charge in [-0.05, 0) is 13.0 Å². The van der Waals surface area contributed by atoms with Crippen LogP contribution < -0.4 is 0 Å². The minimum Gasteiger partial charge on any atom is -0.355 e. The number of nitrogens with zero attached hydrogens (tertiary/aromatic N) is 1. The summed E-state index contributed by atoms with van der Waals surface area (Å²) in [6.45, 7) is 3.23. The van der Waals surface area contributed by atoms with Crippen LogP contribution in [0.3, 0.4) is 0 Å². The Balaban J connectivity index is 3.18. The summed E-state index contributed by atoms with van der Waals surface area (Å²) in [5.41, 5.74) is 1.78. The van der Waals surface area contributed by atoms with Gasteiger partial charge in [0.15, 0.2) is 5.78 Å². The van der Waals surface area contributed by atoms with Crippen molar-refractivity contribution >= 4 is 5.78 Å². The highest BCUT2D eigenvalue weighted by molar-refractivity contribution is 5.92. The van der Waals surface area contributed by atoms with Crippen LogP contribution in [0.4, 0.5) is 0 Å². The number of nitriles is 1. The van der Waals surface area contributed by atoms with Crippen molar-refractivity contribution in [2.45, 2.75) is 13.8 Å². The van der Waals surface area contributed by atoms with Gasteiger partial charge in [0, 0.05) is 12.6 Å². The van der Waals surface area contributed by atoms with E-state index in [-0.39, 0.29) is 5.78 Å². The molecule has 0 aromatic carbocycles. The molecule has 0 fully saturated rings. The number of hydrogen-bond donors (Lipinski definition) is 1. The van der Waals surface area contributed by atoms with Crippen LogP contribution in [0.1, 0.15) is 28.7 Å². The van der Waals surface area contributed by atoms with Crippen LogP contribution in [-0.2, 0) is 0 Å². The fourth-order valence-electron chi connectivity index (χ4n) is 0.864. The second kappa shape index (κ2) is 2.59. The van der Waals surface area contributed by atoms with Crippen LogP contribution in [0.2, 0.25) is 0 Å². The summed E-state index contributed by atoms with van der Waals surface area (Å²) in [7, 11) is 0. The number of aromatic amines is 1. The Morgan fingerprint density at radius 3 is 2.64 bits per heavy atom. The maximum absolute atomic E-state index is 10.8. The summed E-state index contributed by atoms with van der Waals surface area (Å²) in [4.78, 5) is 13.6. The molecule has 0 radical (unpaired) electrons. The first kappa shape index (κ1) is 7.55.